The third kappa shape index (κ3) is 3.61. The number of azo groups is 1. The highest BCUT2D eigenvalue weighted by Crippen LogP contribution is 2.37. The highest BCUT2D eigenvalue weighted by molar-refractivity contribution is 6.05. The number of amides is 1. The summed E-state index contributed by atoms with van der Waals surface area (Å²) in [7, 11) is 0. The Bertz CT molecular complexity index is 1400. The van der Waals surface area contributed by atoms with E-state index < -0.39 is 5.91 Å². The van der Waals surface area contributed by atoms with Gasteiger partial charge >= 0.3 is 5.91 Å². The van der Waals surface area contributed by atoms with Crippen LogP contribution in [0.3, 0.4) is 0 Å². The fourth-order valence-electron chi connectivity index (χ4n) is 3.58. The van der Waals surface area contributed by atoms with Crippen LogP contribution in [0.4, 0.5) is 5.69 Å². The number of H-pyrrole nitrogens is 1. The topological polar surface area (TPSA) is 113 Å². The Morgan fingerprint density at radius 1 is 1.13 bits per heavy atom. The summed E-state index contributed by atoms with van der Waals surface area (Å²) < 4.78 is 1.31. The lowest BCUT2D eigenvalue weighted by Gasteiger charge is -2.08. The molecule has 0 aliphatic rings. The van der Waals surface area contributed by atoms with E-state index in [9.17, 15) is 14.7 Å². The van der Waals surface area contributed by atoms with Crippen LogP contribution in [0, 0.1) is 13.8 Å². The second kappa shape index (κ2) is 8.14. The molecule has 0 fully saturated rings. The molecule has 0 aliphatic carbocycles. The summed E-state index contributed by atoms with van der Waals surface area (Å²) in [5.41, 5.74) is 2.80. The van der Waals surface area contributed by atoms with Crippen LogP contribution < -0.4 is 5.56 Å². The van der Waals surface area contributed by atoms with Gasteiger partial charge in [-0.15, -0.1) is 10.2 Å². The van der Waals surface area contributed by atoms with Gasteiger partial charge in [-0.25, -0.2) is 4.68 Å². The van der Waals surface area contributed by atoms with Crippen molar-refractivity contribution in [1.29, 1.82) is 0 Å². The van der Waals surface area contributed by atoms with E-state index in [-0.39, 0.29) is 22.8 Å². The van der Waals surface area contributed by atoms with Crippen molar-refractivity contribution in [2.24, 2.45) is 10.2 Å². The Morgan fingerprint density at radius 3 is 2.61 bits per heavy atom. The van der Waals surface area contributed by atoms with Crippen molar-refractivity contribution in [3.05, 3.63) is 63.6 Å². The Hall–Kier alpha value is -3.81. The van der Waals surface area contributed by atoms with Gasteiger partial charge in [-0.3, -0.25) is 9.59 Å². The van der Waals surface area contributed by atoms with Gasteiger partial charge in [0, 0.05) is 17.3 Å². The van der Waals surface area contributed by atoms with Gasteiger partial charge in [0.05, 0.1) is 10.9 Å². The van der Waals surface area contributed by atoms with Crippen molar-refractivity contribution < 1.29 is 9.90 Å². The van der Waals surface area contributed by atoms with Crippen molar-refractivity contribution in [3.63, 3.8) is 0 Å². The molecular formula is C23H23N5O3. The Kier molecular flexibility index (Phi) is 5.37. The number of carbonyl (C=O) groups is 1. The average Bonchev–Trinajstić information content (AvgIpc) is 3.10. The Morgan fingerprint density at radius 2 is 1.87 bits per heavy atom. The standard InChI is InChI=1S/C23H23N5O3/c1-4-5-12-28-23(31)16-9-7-6-8-15(16)20(27-28)22(30)26-25-19-17-11-10-13(2)14(3)18(17)24-21(19)29/h6-11,24,29H,4-5,12H2,1-3H3. The number of unbranched alkanes of at least 4 members (excludes halogenated alkanes) is 1. The number of hydrogen-bond donors (Lipinski definition) is 2. The number of aryl methyl sites for hydroxylation is 3. The maximum Gasteiger partial charge on any atom is 0.316 e. The quantitative estimate of drug-likeness (QED) is 0.449. The second-order valence-corrected chi connectivity index (χ2v) is 7.53. The van der Waals surface area contributed by atoms with Gasteiger partial charge < -0.3 is 10.1 Å². The molecule has 2 N–H and O–H groups in total. The van der Waals surface area contributed by atoms with Crippen LogP contribution in [0.1, 0.15) is 41.4 Å². The predicted molar refractivity (Wildman–Crippen MR) is 119 cm³/mol. The number of hydrogen-bond acceptors (Lipinski definition) is 5. The first-order valence-corrected chi connectivity index (χ1v) is 10.2. The van der Waals surface area contributed by atoms with Crippen LogP contribution in [0.25, 0.3) is 21.7 Å². The SMILES string of the molecule is CCCCn1nc(C(=O)N=Nc2c(O)[nH]c3c(C)c(C)ccc23)c2ccccc2c1=O. The molecule has 0 unspecified atom stereocenters. The predicted octanol–water partition coefficient (Wildman–Crippen LogP) is 4.92. The average molecular weight is 417 g/mol. The van der Waals surface area contributed by atoms with E-state index in [4.69, 9.17) is 0 Å². The zero-order valence-corrected chi connectivity index (χ0v) is 17.6. The van der Waals surface area contributed by atoms with Gasteiger partial charge in [0.1, 0.15) is 0 Å². The normalized spacial score (nSPS) is 11.7. The maximum absolute atomic E-state index is 12.9. The van der Waals surface area contributed by atoms with E-state index in [0.29, 0.717) is 22.7 Å². The Balaban J connectivity index is 1.79. The van der Waals surface area contributed by atoms with E-state index in [1.165, 1.54) is 4.68 Å². The Labute approximate surface area is 178 Å². The molecule has 4 aromatic rings. The first-order valence-electron chi connectivity index (χ1n) is 10.2. The summed E-state index contributed by atoms with van der Waals surface area (Å²) >= 11 is 0. The van der Waals surface area contributed by atoms with Crippen LogP contribution in [0.15, 0.2) is 51.4 Å². The second-order valence-electron chi connectivity index (χ2n) is 7.53. The summed E-state index contributed by atoms with van der Waals surface area (Å²) in [6, 6.07) is 10.6. The van der Waals surface area contributed by atoms with Crippen LogP contribution in [0.2, 0.25) is 0 Å². The lowest BCUT2D eigenvalue weighted by atomic mass is 10.1. The molecule has 8 nitrogen and oxygen atoms in total. The van der Waals surface area contributed by atoms with E-state index in [0.717, 1.165) is 29.5 Å². The molecule has 2 heterocycles. The molecule has 0 saturated heterocycles. The smallest absolute Gasteiger partial charge is 0.316 e. The minimum atomic E-state index is -0.681. The number of carbonyl (C=O) groups excluding carboxylic acids is 1. The minimum absolute atomic E-state index is 0.0569. The van der Waals surface area contributed by atoms with E-state index in [1.54, 1.807) is 24.3 Å². The largest absolute Gasteiger partial charge is 0.493 e. The molecule has 0 aliphatic heterocycles. The molecule has 0 atom stereocenters. The number of rotatable bonds is 5. The van der Waals surface area contributed by atoms with E-state index in [1.807, 2.05) is 32.9 Å². The van der Waals surface area contributed by atoms with Gasteiger partial charge in [0.25, 0.3) is 5.56 Å². The number of benzene rings is 2. The van der Waals surface area contributed by atoms with Gasteiger partial charge in [0.2, 0.25) is 5.88 Å². The number of nitrogens with zero attached hydrogens (tertiary/aromatic N) is 4. The molecule has 31 heavy (non-hydrogen) atoms. The van der Waals surface area contributed by atoms with Gasteiger partial charge in [-0.1, -0.05) is 43.7 Å². The number of aromatic hydroxyl groups is 1. The fraction of sp³-hybridized carbons (Fsp3) is 0.261. The molecule has 8 heteroatoms. The van der Waals surface area contributed by atoms with Crippen molar-refractivity contribution in [2.45, 2.75) is 40.2 Å². The van der Waals surface area contributed by atoms with Crippen molar-refractivity contribution in [3.8, 4) is 5.88 Å². The number of nitrogens with one attached hydrogen (secondary N) is 1. The third-order valence-corrected chi connectivity index (χ3v) is 5.49. The van der Waals surface area contributed by atoms with Crippen LogP contribution in [-0.2, 0) is 6.54 Å². The van der Waals surface area contributed by atoms with E-state index >= 15 is 0 Å². The van der Waals surface area contributed by atoms with Gasteiger partial charge in [-0.05, 0) is 37.5 Å². The molecule has 2 aromatic carbocycles. The van der Waals surface area contributed by atoms with Crippen LogP contribution >= 0.6 is 0 Å². The molecule has 1 amide bonds. The molecular weight excluding hydrogens is 394 g/mol. The summed E-state index contributed by atoms with van der Waals surface area (Å²) in [6.07, 6.45) is 1.66. The molecule has 0 saturated carbocycles. The van der Waals surface area contributed by atoms with Crippen molar-refractivity contribution in [2.75, 3.05) is 0 Å². The zero-order chi connectivity index (χ0) is 22.1. The van der Waals surface area contributed by atoms with Crippen LogP contribution in [-0.4, -0.2) is 25.8 Å². The fourth-order valence-corrected chi connectivity index (χ4v) is 3.58. The lowest BCUT2D eigenvalue weighted by Crippen LogP contribution is -2.25. The zero-order valence-electron chi connectivity index (χ0n) is 17.6. The summed E-state index contributed by atoms with van der Waals surface area (Å²) in [4.78, 5) is 28.5. The molecule has 4 rings (SSSR count). The van der Waals surface area contributed by atoms with Crippen molar-refractivity contribution >= 4 is 33.3 Å². The number of aromatic nitrogens is 3. The summed E-state index contributed by atoms with van der Waals surface area (Å²) in [5.74, 6) is -0.843. The lowest BCUT2D eigenvalue weighted by molar-refractivity contribution is 0.0989. The van der Waals surface area contributed by atoms with Crippen molar-refractivity contribution in [1.82, 2.24) is 14.8 Å². The third-order valence-electron chi connectivity index (χ3n) is 5.49. The number of aromatic amines is 1. The van der Waals surface area contributed by atoms with Gasteiger partial charge in [-0.2, -0.15) is 5.10 Å². The van der Waals surface area contributed by atoms with Gasteiger partial charge in [0.15, 0.2) is 11.4 Å². The molecule has 0 radical (unpaired) electrons. The maximum atomic E-state index is 12.9. The first-order chi connectivity index (χ1) is 14.9. The minimum Gasteiger partial charge on any atom is -0.493 e. The van der Waals surface area contributed by atoms with Crippen LogP contribution in [0.5, 0.6) is 5.88 Å². The highest BCUT2D eigenvalue weighted by atomic mass is 16.3. The molecule has 2 aromatic heterocycles. The van der Waals surface area contributed by atoms with E-state index in [2.05, 4.69) is 20.3 Å². The summed E-state index contributed by atoms with van der Waals surface area (Å²) in [6.45, 7) is 6.35. The first kappa shape index (κ1) is 20.5. The highest BCUT2D eigenvalue weighted by Gasteiger charge is 2.18. The molecule has 158 valence electrons. The monoisotopic (exact) mass is 417 g/mol. The number of fused-ring (bicyclic) bond motifs is 2. The molecule has 0 bridgehead atoms. The summed E-state index contributed by atoms with van der Waals surface area (Å²) in [5, 5.41) is 23.9. The molecule has 0 spiro atoms.